The predicted octanol–water partition coefficient (Wildman–Crippen LogP) is 2.13. The van der Waals surface area contributed by atoms with E-state index in [1.807, 2.05) is 26.8 Å². The molecule has 5 aliphatic rings. The number of ether oxygens (including phenoxy) is 5. The van der Waals surface area contributed by atoms with Crippen molar-refractivity contribution < 1.29 is 33.3 Å². The van der Waals surface area contributed by atoms with E-state index in [2.05, 4.69) is 15.9 Å². The second-order valence-corrected chi connectivity index (χ2v) is 9.94. The number of hydrogen-bond donors (Lipinski definition) is 0. The number of amides is 3. The molecule has 1 aliphatic carbocycles. The molecule has 6 rings (SSSR count). The number of likely N-dealkylation sites (N-methyl/N-ethyl adjacent to an activating group) is 1. The lowest BCUT2D eigenvalue weighted by atomic mass is 9.75. The summed E-state index contributed by atoms with van der Waals surface area (Å²) in [5, 5.41) is 0. The smallest absolute Gasteiger partial charge is 0.327 e. The van der Waals surface area contributed by atoms with Crippen LogP contribution in [-0.2, 0) is 19.0 Å². The second-order valence-electron chi connectivity index (χ2n) is 9.15. The van der Waals surface area contributed by atoms with Gasteiger partial charge in [0, 0.05) is 23.0 Å². The van der Waals surface area contributed by atoms with E-state index in [9.17, 15) is 9.59 Å². The molecule has 0 aromatic heterocycles. The van der Waals surface area contributed by atoms with Crippen molar-refractivity contribution in [3.8, 4) is 11.5 Å². The number of benzene rings is 1. The molecule has 166 valence electrons. The Morgan fingerprint density at radius 3 is 2.55 bits per heavy atom. The van der Waals surface area contributed by atoms with E-state index in [0.717, 1.165) is 20.5 Å². The summed E-state index contributed by atoms with van der Waals surface area (Å²) < 4.78 is 30.7. The van der Waals surface area contributed by atoms with Gasteiger partial charge in [0.2, 0.25) is 12.7 Å². The number of nitrogens with zero attached hydrogens (tertiary/aromatic N) is 2. The highest BCUT2D eigenvalue weighted by Crippen LogP contribution is 2.56. The van der Waals surface area contributed by atoms with Crippen LogP contribution in [0.4, 0.5) is 4.79 Å². The Hall–Kier alpha value is -1.88. The molecule has 1 saturated carbocycles. The lowest BCUT2D eigenvalue weighted by Crippen LogP contribution is -2.57. The highest BCUT2D eigenvalue weighted by atomic mass is 79.9. The third-order valence-electron chi connectivity index (χ3n) is 6.89. The van der Waals surface area contributed by atoms with Gasteiger partial charge in [-0.15, -0.1) is 0 Å². The van der Waals surface area contributed by atoms with Crippen molar-refractivity contribution in [2.75, 3.05) is 20.4 Å². The lowest BCUT2D eigenvalue weighted by Gasteiger charge is -2.41. The fraction of sp³-hybridized carbons (Fsp3) is 0.619. The van der Waals surface area contributed by atoms with E-state index in [1.54, 1.807) is 4.90 Å². The Morgan fingerprint density at radius 1 is 1.10 bits per heavy atom. The molecule has 4 heterocycles. The first-order valence-electron chi connectivity index (χ1n) is 10.3. The molecule has 1 aromatic rings. The number of epoxide rings is 1. The molecule has 0 N–H and O–H groups in total. The number of hydrogen-bond acceptors (Lipinski definition) is 7. The molecule has 6 atom stereocenters. The van der Waals surface area contributed by atoms with Crippen LogP contribution in [0.2, 0.25) is 0 Å². The first-order chi connectivity index (χ1) is 14.7. The van der Waals surface area contributed by atoms with Gasteiger partial charge in [0.25, 0.3) is 0 Å². The standard InChI is InChI=1S/C21H23BrN2O7/c1-8-13(22)9(5-10-15(8)28-7-27-10)12-14(24-6-11(25)23(4)20(24)26)17-19(18-16(12)29-18)31-21(2,3)30-17/h5,12,14,16-19H,6-7H2,1-4H3/t12-,14-,16+,17+,18+,19+/m1/s1. The van der Waals surface area contributed by atoms with E-state index in [-0.39, 0.29) is 49.5 Å². The molecule has 0 bridgehead atoms. The Morgan fingerprint density at radius 2 is 1.84 bits per heavy atom. The van der Waals surface area contributed by atoms with Crippen LogP contribution in [0.3, 0.4) is 0 Å². The molecule has 3 saturated heterocycles. The first-order valence-corrected chi connectivity index (χ1v) is 11.1. The van der Waals surface area contributed by atoms with Crippen LogP contribution in [0.5, 0.6) is 11.5 Å². The quantitative estimate of drug-likeness (QED) is 0.459. The maximum Gasteiger partial charge on any atom is 0.327 e. The van der Waals surface area contributed by atoms with Gasteiger partial charge >= 0.3 is 6.03 Å². The highest BCUT2D eigenvalue weighted by Gasteiger charge is 2.68. The minimum atomic E-state index is -0.806. The van der Waals surface area contributed by atoms with E-state index >= 15 is 0 Å². The maximum atomic E-state index is 13.0. The topological polar surface area (TPSA) is 90.1 Å². The van der Waals surface area contributed by atoms with Crippen LogP contribution < -0.4 is 9.47 Å². The van der Waals surface area contributed by atoms with Crippen molar-refractivity contribution in [3.63, 3.8) is 0 Å². The fourth-order valence-electron chi connectivity index (χ4n) is 5.46. The summed E-state index contributed by atoms with van der Waals surface area (Å²) in [4.78, 5) is 28.2. The maximum absolute atomic E-state index is 13.0. The third-order valence-corrected chi connectivity index (χ3v) is 7.94. The average molecular weight is 495 g/mol. The average Bonchev–Trinajstić information content (AvgIpc) is 3.13. The van der Waals surface area contributed by atoms with Crippen LogP contribution >= 0.6 is 15.9 Å². The number of carbonyl (C=O) groups excluding carboxylic acids is 2. The molecule has 0 radical (unpaired) electrons. The summed E-state index contributed by atoms with van der Waals surface area (Å²) in [5.41, 5.74) is 1.87. The number of halogens is 1. The SMILES string of the molecule is Cc1c(Br)c([C@H]2[C@@H]3O[C@@H]3[C@H]3OC(C)(C)O[C@H]3[C@@H]2N2CC(=O)N(C)C2=O)cc2c1OCO2. The van der Waals surface area contributed by atoms with E-state index in [4.69, 9.17) is 23.7 Å². The van der Waals surface area contributed by atoms with Crippen LogP contribution in [0, 0.1) is 6.92 Å². The van der Waals surface area contributed by atoms with Crippen molar-refractivity contribution in [1.82, 2.24) is 9.80 Å². The van der Waals surface area contributed by atoms with Crippen LogP contribution in [0.25, 0.3) is 0 Å². The summed E-state index contributed by atoms with van der Waals surface area (Å²) in [6, 6.07) is 1.18. The molecule has 0 unspecified atom stereocenters. The molecule has 0 spiro atoms. The predicted molar refractivity (Wildman–Crippen MR) is 109 cm³/mol. The number of fused-ring (bicyclic) bond motifs is 4. The molecule has 10 heteroatoms. The van der Waals surface area contributed by atoms with E-state index in [1.165, 1.54) is 7.05 Å². The molecule has 9 nitrogen and oxygen atoms in total. The number of carbonyl (C=O) groups is 2. The van der Waals surface area contributed by atoms with Gasteiger partial charge in [-0.25, -0.2) is 4.79 Å². The first kappa shape index (κ1) is 19.8. The Balaban J connectivity index is 1.49. The van der Waals surface area contributed by atoms with E-state index in [0.29, 0.717) is 11.5 Å². The van der Waals surface area contributed by atoms with Crippen LogP contribution in [0.1, 0.15) is 30.9 Å². The van der Waals surface area contributed by atoms with Crippen molar-refractivity contribution in [2.24, 2.45) is 0 Å². The zero-order valence-electron chi connectivity index (χ0n) is 17.6. The Labute approximate surface area is 187 Å². The number of rotatable bonds is 2. The molecule has 4 fully saturated rings. The molecular formula is C21H23BrN2O7. The minimum absolute atomic E-state index is 0.00203. The zero-order valence-corrected chi connectivity index (χ0v) is 19.2. The minimum Gasteiger partial charge on any atom is -0.454 e. The Bertz CT molecular complexity index is 1010. The second kappa shape index (κ2) is 6.34. The monoisotopic (exact) mass is 494 g/mol. The van der Waals surface area contributed by atoms with Crippen molar-refractivity contribution in [2.45, 2.75) is 62.9 Å². The number of urea groups is 1. The zero-order chi connectivity index (χ0) is 21.8. The molecule has 3 amide bonds. The molecule has 4 aliphatic heterocycles. The van der Waals surface area contributed by atoms with Gasteiger partial charge in [-0.2, -0.15) is 0 Å². The Kier molecular flexibility index (Phi) is 4.04. The fourth-order valence-corrected chi connectivity index (χ4v) is 6.02. The van der Waals surface area contributed by atoms with Gasteiger partial charge in [-0.3, -0.25) is 9.69 Å². The molecule has 1 aromatic carbocycles. The van der Waals surface area contributed by atoms with Crippen molar-refractivity contribution in [1.29, 1.82) is 0 Å². The van der Waals surface area contributed by atoms with Crippen LogP contribution in [-0.4, -0.2) is 78.4 Å². The summed E-state index contributed by atoms with van der Waals surface area (Å²) in [6.45, 7) is 5.85. The van der Waals surface area contributed by atoms with Gasteiger partial charge < -0.3 is 28.6 Å². The highest BCUT2D eigenvalue weighted by molar-refractivity contribution is 9.10. The van der Waals surface area contributed by atoms with E-state index < -0.39 is 17.9 Å². The largest absolute Gasteiger partial charge is 0.454 e. The van der Waals surface area contributed by atoms with Gasteiger partial charge in [-0.05, 0) is 32.4 Å². The normalized spacial score (nSPS) is 37.3. The summed E-state index contributed by atoms with van der Waals surface area (Å²) in [5.74, 6) is 0.106. The summed E-state index contributed by atoms with van der Waals surface area (Å²) in [6.07, 6.45) is -1.01. The van der Waals surface area contributed by atoms with Crippen molar-refractivity contribution in [3.05, 3.63) is 21.7 Å². The number of imide groups is 1. The molecule has 31 heavy (non-hydrogen) atoms. The van der Waals surface area contributed by atoms with Gasteiger partial charge in [-0.1, -0.05) is 15.9 Å². The van der Waals surface area contributed by atoms with Gasteiger partial charge in [0.15, 0.2) is 17.3 Å². The summed E-state index contributed by atoms with van der Waals surface area (Å²) >= 11 is 3.74. The van der Waals surface area contributed by atoms with Crippen molar-refractivity contribution >= 4 is 27.9 Å². The summed E-state index contributed by atoms with van der Waals surface area (Å²) in [7, 11) is 1.51. The van der Waals surface area contributed by atoms with Gasteiger partial charge in [0.05, 0.1) is 12.1 Å². The third kappa shape index (κ3) is 2.71. The molecular weight excluding hydrogens is 472 g/mol. The van der Waals surface area contributed by atoms with Gasteiger partial charge in [0.1, 0.15) is 24.9 Å². The van der Waals surface area contributed by atoms with Crippen LogP contribution in [0.15, 0.2) is 10.5 Å². The lowest BCUT2D eigenvalue weighted by molar-refractivity contribution is -0.152.